The fraction of sp³-hybridized carbons (Fsp3) is 0.857. The Hall–Kier alpha value is -0.520. The zero-order chi connectivity index (χ0) is 12.8. The van der Waals surface area contributed by atoms with Gasteiger partial charge in [-0.25, -0.2) is 0 Å². The van der Waals surface area contributed by atoms with Gasteiger partial charge in [0.1, 0.15) is 0 Å². The van der Waals surface area contributed by atoms with Gasteiger partial charge in [-0.05, 0) is 20.3 Å². The Morgan fingerprint density at radius 1 is 1.25 bits per heavy atom. The molecule has 0 N–H and O–H groups in total. The highest BCUT2D eigenvalue weighted by molar-refractivity contribution is 5.08. The first-order valence-corrected chi connectivity index (χ1v) is 6.23. The average Bonchev–Trinajstić information content (AvgIpc) is 2.74. The topological polar surface area (TPSA) is 18.5 Å². The summed E-state index contributed by atoms with van der Waals surface area (Å²) in [5.74, 6) is 0.588. The summed E-state index contributed by atoms with van der Waals surface area (Å²) in [6.45, 7) is 12.4. The van der Waals surface area contributed by atoms with E-state index in [2.05, 4.69) is 33.6 Å². The van der Waals surface area contributed by atoms with E-state index in [1.807, 2.05) is 13.8 Å². The predicted octanol–water partition coefficient (Wildman–Crippen LogP) is 3.50. The van der Waals surface area contributed by atoms with E-state index in [0.717, 1.165) is 26.1 Å². The molecule has 0 spiro atoms. The van der Waals surface area contributed by atoms with Crippen LogP contribution in [0.2, 0.25) is 0 Å². The number of terminal acetylenes is 1. The predicted molar refractivity (Wildman–Crippen MR) is 70.5 cm³/mol. The van der Waals surface area contributed by atoms with Crippen molar-refractivity contribution in [2.75, 3.05) is 13.2 Å². The molecule has 2 aliphatic rings. The molecule has 0 radical (unpaired) electrons. The molecule has 96 valence electrons. The van der Waals surface area contributed by atoms with Gasteiger partial charge in [-0.3, -0.25) is 0 Å². The molecule has 2 heterocycles. The highest BCUT2D eigenvalue weighted by atomic mass is 16.6. The first-order chi connectivity index (χ1) is 7.62. The van der Waals surface area contributed by atoms with E-state index < -0.39 is 0 Å². The van der Waals surface area contributed by atoms with Crippen molar-refractivity contribution in [1.82, 2.24) is 0 Å². The number of ether oxygens (including phenoxy) is 2. The first-order valence-electron chi connectivity index (χ1n) is 6.23. The molecule has 2 heteroatoms. The highest BCUT2D eigenvalue weighted by Gasteiger charge is 2.59. The van der Waals surface area contributed by atoms with Gasteiger partial charge < -0.3 is 9.47 Å². The zero-order valence-corrected chi connectivity index (χ0v) is 11.4. The van der Waals surface area contributed by atoms with E-state index in [1.165, 1.54) is 0 Å². The molecule has 0 bridgehead atoms. The summed E-state index contributed by atoms with van der Waals surface area (Å²) < 4.78 is 11.7. The third-order valence-corrected chi connectivity index (χ3v) is 3.91. The summed E-state index contributed by atoms with van der Waals surface area (Å²) in [6, 6.07) is 0. The fourth-order valence-electron chi connectivity index (χ4n) is 2.57. The van der Waals surface area contributed by atoms with E-state index in [-0.39, 0.29) is 12.6 Å². The molecule has 0 aromatic heterocycles. The number of hydrogen-bond donors (Lipinski definition) is 0. The van der Waals surface area contributed by atoms with Gasteiger partial charge in [-0.15, -0.1) is 12.8 Å². The molecule has 2 fully saturated rings. The van der Waals surface area contributed by atoms with Crippen molar-refractivity contribution in [3.8, 4) is 12.8 Å². The van der Waals surface area contributed by atoms with Crippen molar-refractivity contribution in [2.24, 2.45) is 5.92 Å². The van der Waals surface area contributed by atoms with Crippen LogP contribution in [-0.2, 0) is 9.47 Å². The Morgan fingerprint density at radius 2 is 1.81 bits per heavy atom. The molecule has 2 nitrogen and oxygen atoms in total. The molecule has 0 unspecified atom stereocenters. The maximum atomic E-state index is 5.85. The van der Waals surface area contributed by atoms with E-state index in [4.69, 9.17) is 9.47 Å². The van der Waals surface area contributed by atoms with Crippen LogP contribution in [0.5, 0.6) is 0 Å². The van der Waals surface area contributed by atoms with Gasteiger partial charge >= 0.3 is 0 Å². The summed E-state index contributed by atoms with van der Waals surface area (Å²) in [4.78, 5) is 0. The van der Waals surface area contributed by atoms with Crippen LogP contribution in [0.1, 0.15) is 48.9 Å². The summed E-state index contributed by atoms with van der Waals surface area (Å²) in [5, 5.41) is 0. The lowest BCUT2D eigenvalue weighted by Crippen LogP contribution is -2.46. The zero-order valence-electron chi connectivity index (χ0n) is 11.4. The van der Waals surface area contributed by atoms with E-state index in [9.17, 15) is 0 Å². The van der Waals surface area contributed by atoms with Crippen molar-refractivity contribution in [1.29, 1.82) is 0 Å². The Balaban J connectivity index is 0. The Bertz CT molecular complexity index is 230. The Kier molecular flexibility index (Phi) is 6.07. The molecule has 0 saturated carbocycles. The Morgan fingerprint density at radius 3 is 2.31 bits per heavy atom. The summed E-state index contributed by atoms with van der Waals surface area (Å²) in [5.41, 5.74) is -0.0184. The molecule has 2 saturated heterocycles. The van der Waals surface area contributed by atoms with Crippen LogP contribution in [0.3, 0.4) is 0 Å². The molecule has 0 amide bonds. The molecule has 16 heavy (non-hydrogen) atoms. The molecule has 0 aromatic rings. The van der Waals surface area contributed by atoms with E-state index >= 15 is 0 Å². The Labute approximate surface area is 102 Å². The van der Waals surface area contributed by atoms with Crippen LogP contribution >= 0.6 is 0 Å². The highest BCUT2D eigenvalue weighted by Crippen LogP contribution is 2.49. The molecule has 3 atom stereocenters. The lowest BCUT2D eigenvalue weighted by Gasteiger charge is -2.34. The van der Waals surface area contributed by atoms with Crippen LogP contribution in [0.15, 0.2) is 0 Å². The average molecular weight is 228 g/mol. The van der Waals surface area contributed by atoms with Crippen molar-refractivity contribution < 1.29 is 10.9 Å². The number of hydrogen-bond acceptors (Lipinski definition) is 2. The van der Waals surface area contributed by atoms with Gasteiger partial charge in [-0.2, -0.15) is 0 Å². The van der Waals surface area contributed by atoms with Gasteiger partial charge in [0.25, 0.3) is 0 Å². The molecule has 0 aromatic carbocycles. The molecule has 0 aliphatic carbocycles. The van der Waals surface area contributed by atoms with Gasteiger partial charge in [0.15, 0.2) is 0 Å². The van der Waals surface area contributed by atoms with Crippen LogP contribution in [-0.4, -0.2) is 24.4 Å². The summed E-state index contributed by atoms with van der Waals surface area (Å²) in [7, 11) is 0. The van der Waals surface area contributed by atoms with Crippen LogP contribution in [0, 0.1) is 18.8 Å². The first kappa shape index (κ1) is 15.5. The second-order valence-corrected chi connectivity index (χ2v) is 4.35. The van der Waals surface area contributed by atoms with Crippen LogP contribution < -0.4 is 0 Å². The van der Waals surface area contributed by atoms with E-state index in [0.29, 0.717) is 5.92 Å². The van der Waals surface area contributed by atoms with E-state index in [1.54, 1.807) is 0 Å². The fourth-order valence-corrected chi connectivity index (χ4v) is 2.57. The minimum atomic E-state index is -0.0122. The number of rotatable bonds is 1. The van der Waals surface area contributed by atoms with Crippen LogP contribution in [0.4, 0.5) is 0 Å². The minimum absolute atomic E-state index is 0. The molecular formula is C14H28O2. The summed E-state index contributed by atoms with van der Waals surface area (Å²) >= 11 is 0. The third-order valence-electron chi connectivity index (χ3n) is 3.91. The maximum Gasteiger partial charge on any atom is 0.0990 e. The second kappa shape index (κ2) is 6.27. The van der Waals surface area contributed by atoms with Crippen molar-refractivity contribution >= 4 is 0 Å². The van der Waals surface area contributed by atoms with Gasteiger partial charge in [0.05, 0.1) is 24.4 Å². The minimum Gasteiger partial charge on any atom is -0.372 e. The molecule has 2 aliphatic heterocycles. The smallest absolute Gasteiger partial charge is 0.0990 e. The number of fused-ring (bicyclic) bond motifs is 1. The van der Waals surface area contributed by atoms with Crippen LogP contribution in [0.25, 0.3) is 0 Å². The SMILES string of the molecule is C#C.CC.CC[C@@H]1CO[C@]2(C)CCO[C@]12C.[HH]. The van der Waals surface area contributed by atoms with Gasteiger partial charge in [0, 0.05) is 13.8 Å². The third kappa shape index (κ3) is 2.26. The molecular weight excluding hydrogens is 200 g/mol. The van der Waals surface area contributed by atoms with Crippen molar-refractivity contribution in [3.05, 3.63) is 0 Å². The van der Waals surface area contributed by atoms with Gasteiger partial charge in [-0.1, -0.05) is 20.8 Å². The second-order valence-electron chi connectivity index (χ2n) is 4.35. The van der Waals surface area contributed by atoms with Crippen molar-refractivity contribution in [2.45, 2.75) is 58.7 Å². The monoisotopic (exact) mass is 228 g/mol. The van der Waals surface area contributed by atoms with Crippen molar-refractivity contribution in [3.63, 3.8) is 0 Å². The lowest BCUT2D eigenvalue weighted by atomic mass is 9.78. The maximum absolute atomic E-state index is 5.85. The van der Waals surface area contributed by atoms with Gasteiger partial charge in [0.2, 0.25) is 0 Å². The largest absolute Gasteiger partial charge is 0.372 e. The lowest BCUT2D eigenvalue weighted by molar-refractivity contribution is -0.0758. The normalized spacial score (nSPS) is 40.1. The standard InChI is InChI=1S/C10H18O2.C2H6.C2H2.H2/c1-4-8-7-12-9(2)5-6-11-10(8,9)3;2*1-2;/h8H,4-7H2,1-3H3;1-2H3;1-2H;1H/t8-,9-,10-;;;/m1.../s1. The molecule has 2 rings (SSSR count). The quantitative estimate of drug-likeness (QED) is 0.639. The summed E-state index contributed by atoms with van der Waals surface area (Å²) in [6.07, 6.45) is 10.2.